The van der Waals surface area contributed by atoms with E-state index in [0.29, 0.717) is 16.4 Å². The van der Waals surface area contributed by atoms with Crippen LogP contribution < -0.4 is 5.32 Å². The lowest BCUT2D eigenvalue weighted by Gasteiger charge is -2.02. The van der Waals surface area contributed by atoms with Crippen LogP contribution in [0.5, 0.6) is 11.5 Å². The van der Waals surface area contributed by atoms with Crippen molar-refractivity contribution in [3.8, 4) is 28.8 Å². The van der Waals surface area contributed by atoms with Crippen LogP contribution in [0.15, 0.2) is 71.1 Å². The summed E-state index contributed by atoms with van der Waals surface area (Å²) in [5.74, 6) is -1.03. The Morgan fingerprint density at radius 3 is 2.62 bits per heavy atom. The predicted octanol–water partition coefficient (Wildman–Crippen LogP) is 4.71. The van der Waals surface area contributed by atoms with Crippen molar-refractivity contribution in [3.63, 3.8) is 0 Å². The zero-order valence-electron chi connectivity index (χ0n) is 15.5. The number of hydrogen-bond donors (Lipinski definition) is 3. The first kappa shape index (κ1) is 19.9. The van der Waals surface area contributed by atoms with E-state index >= 15 is 0 Å². The van der Waals surface area contributed by atoms with Crippen molar-refractivity contribution in [2.45, 2.75) is 6.92 Å². The highest BCUT2D eigenvalue weighted by Crippen LogP contribution is 2.32. The number of anilines is 1. The van der Waals surface area contributed by atoms with E-state index in [4.69, 9.17) is 0 Å². The molecule has 2 aromatic carbocycles. The molecule has 0 unspecified atom stereocenters. The van der Waals surface area contributed by atoms with Crippen molar-refractivity contribution in [2.75, 3.05) is 5.32 Å². The van der Waals surface area contributed by atoms with Gasteiger partial charge in [0.05, 0.1) is 5.69 Å². The second-order valence-corrected chi connectivity index (χ2v) is 7.02. The number of thiazole rings is 1. The van der Waals surface area contributed by atoms with Crippen molar-refractivity contribution < 1.29 is 15.0 Å². The van der Waals surface area contributed by atoms with Crippen LogP contribution in [0.1, 0.15) is 12.5 Å². The molecule has 1 amide bonds. The Morgan fingerprint density at radius 1 is 1.17 bits per heavy atom. The zero-order chi connectivity index (χ0) is 20.8. The fraction of sp³-hybridized carbons (Fsp3) is 0.0455. The Balaban J connectivity index is 1.75. The smallest absolute Gasteiger partial charge is 0.268 e. The molecule has 0 aliphatic carbocycles. The summed E-state index contributed by atoms with van der Waals surface area (Å²) >= 11 is 1.19. The number of allylic oxidation sites excluding steroid dienone is 2. The minimum Gasteiger partial charge on any atom is -0.504 e. The van der Waals surface area contributed by atoms with Crippen LogP contribution in [0.25, 0.3) is 17.3 Å². The second kappa shape index (κ2) is 8.87. The second-order valence-electron chi connectivity index (χ2n) is 6.16. The van der Waals surface area contributed by atoms with Crippen molar-refractivity contribution in [3.05, 3.63) is 76.7 Å². The Morgan fingerprint density at radius 2 is 1.93 bits per heavy atom. The summed E-state index contributed by atoms with van der Waals surface area (Å²) in [5.41, 5.74) is 2.83. The summed E-state index contributed by atoms with van der Waals surface area (Å²) in [6.45, 7) is 1.82. The number of phenolic OH excluding ortho intramolecular Hbond substituents is 2. The van der Waals surface area contributed by atoms with Gasteiger partial charge in [0.1, 0.15) is 11.6 Å². The number of amides is 1. The normalized spacial score (nSPS) is 11.7. The summed E-state index contributed by atoms with van der Waals surface area (Å²) in [7, 11) is 0. The summed E-state index contributed by atoms with van der Waals surface area (Å²) in [6, 6.07) is 15.9. The molecule has 0 aliphatic heterocycles. The van der Waals surface area contributed by atoms with Crippen LogP contribution >= 0.6 is 11.3 Å². The molecule has 0 saturated heterocycles. The van der Waals surface area contributed by atoms with Gasteiger partial charge in [-0.1, -0.05) is 36.4 Å². The molecular weight excluding hydrogens is 386 g/mol. The van der Waals surface area contributed by atoms with Crippen LogP contribution in [-0.4, -0.2) is 21.1 Å². The maximum absolute atomic E-state index is 12.4. The highest BCUT2D eigenvalue weighted by molar-refractivity contribution is 7.14. The van der Waals surface area contributed by atoms with E-state index in [1.165, 1.54) is 29.5 Å². The van der Waals surface area contributed by atoms with E-state index in [9.17, 15) is 20.3 Å². The molecule has 0 saturated carbocycles. The standard InChI is InChI=1S/C22H17N3O3S/c1-14(9-15-5-3-2-4-6-15)10-17(12-23)21(28)25-22-24-18(13-29-22)16-7-8-19(26)20(27)11-16/h2-11,13,26-27H,1H3,(H,24,25,28)/b14-9+,17-10+. The van der Waals surface area contributed by atoms with Gasteiger partial charge in [0.15, 0.2) is 16.6 Å². The first-order chi connectivity index (χ1) is 14.0. The van der Waals surface area contributed by atoms with E-state index < -0.39 is 5.91 Å². The first-order valence-electron chi connectivity index (χ1n) is 8.60. The van der Waals surface area contributed by atoms with Crippen LogP contribution in [0, 0.1) is 11.3 Å². The van der Waals surface area contributed by atoms with Crippen molar-refractivity contribution in [2.24, 2.45) is 0 Å². The predicted molar refractivity (Wildman–Crippen MR) is 113 cm³/mol. The topological polar surface area (TPSA) is 106 Å². The van der Waals surface area contributed by atoms with Crippen LogP contribution in [-0.2, 0) is 4.79 Å². The maximum Gasteiger partial charge on any atom is 0.268 e. The number of aromatic nitrogens is 1. The number of nitrogens with one attached hydrogen (secondary N) is 1. The fourth-order valence-corrected chi connectivity index (χ4v) is 3.26. The molecule has 144 valence electrons. The minimum absolute atomic E-state index is 0.0336. The van der Waals surface area contributed by atoms with Gasteiger partial charge in [-0.05, 0) is 42.3 Å². The molecule has 1 heterocycles. The molecule has 0 spiro atoms. The molecule has 29 heavy (non-hydrogen) atoms. The Kier molecular flexibility index (Phi) is 6.07. The van der Waals surface area contributed by atoms with Crippen LogP contribution in [0.3, 0.4) is 0 Å². The van der Waals surface area contributed by atoms with E-state index in [1.54, 1.807) is 11.4 Å². The molecule has 3 aromatic rings. The van der Waals surface area contributed by atoms with E-state index in [1.807, 2.05) is 49.4 Å². The molecular formula is C22H17N3O3S. The average molecular weight is 403 g/mol. The number of nitrogens with zero attached hydrogens (tertiary/aromatic N) is 2. The first-order valence-corrected chi connectivity index (χ1v) is 9.48. The maximum atomic E-state index is 12.4. The highest BCUT2D eigenvalue weighted by Gasteiger charge is 2.13. The lowest BCUT2D eigenvalue weighted by molar-refractivity contribution is -0.112. The fourth-order valence-electron chi connectivity index (χ4n) is 2.54. The van der Waals surface area contributed by atoms with Crippen molar-refractivity contribution in [1.82, 2.24) is 4.98 Å². The number of hydrogen-bond acceptors (Lipinski definition) is 6. The number of nitriles is 1. The van der Waals surface area contributed by atoms with E-state index in [2.05, 4.69) is 10.3 Å². The largest absolute Gasteiger partial charge is 0.504 e. The lowest BCUT2D eigenvalue weighted by atomic mass is 10.1. The summed E-state index contributed by atoms with van der Waals surface area (Å²) in [6.07, 6.45) is 3.40. The molecule has 0 fully saturated rings. The Labute approximate surface area is 171 Å². The van der Waals surface area contributed by atoms with Gasteiger partial charge in [0, 0.05) is 10.9 Å². The lowest BCUT2D eigenvalue weighted by Crippen LogP contribution is -2.13. The summed E-state index contributed by atoms with van der Waals surface area (Å²) in [5, 5.41) is 33.0. The van der Waals surface area contributed by atoms with Gasteiger partial charge >= 0.3 is 0 Å². The van der Waals surface area contributed by atoms with Crippen molar-refractivity contribution in [1.29, 1.82) is 5.26 Å². The van der Waals surface area contributed by atoms with Crippen LogP contribution in [0.4, 0.5) is 5.13 Å². The molecule has 0 bridgehead atoms. The number of carbonyl (C=O) groups is 1. The third kappa shape index (κ3) is 5.09. The number of phenols is 2. The van der Waals surface area contributed by atoms with Gasteiger partial charge in [0.25, 0.3) is 5.91 Å². The molecule has 3 N–H and O–H groups in total. The average Bonchev–Trinajstić information content (AvgIpc) is 3.17. The Bertz CT molecular complexity index is 1140. The monoisotopic (exact) mass is 403 g/mol. The minimum atomic E-state index is -0.553. The van der Waals surface area contributed by atoms with E-state index in [0.717, 1.165) is 11.1 Å². The van der Waals surface area contributed by atoms with Crippen LogP contribution in [0.2, 0.25) is 0 Å². The molecule has 3 rings (SSSR count). The number of carbonyl (C=O) groups excluding carboxylic acids is 1. The molecule has 1 aromatic heterocycles. The van der Waals surface area contributed by atoms with Gasteiger partial charge in [-0.15, -0.1) is 11.3 Å². The number of rotatable bonds is 5. The highest BCUT2D eigenvalue weighted by atomic mass is 32.1. The zero-order valence-corrected chi connectivity index (χ0v) is 16.3. The quantitative estimate of drug-likeness (QED) is 0.247. The molecule has 0 radical (unpaired) electrons. The number of benzene rings is 2. The SMILES string of the molecule is CC(=C\c1ccccc1)/C=C(\C#N)C(=O)Nc1nc(-c2ccc(O)c(O)c2)cs1. The van der Waals surface area contributed by atoms with Gasteiger partial charge in [-0.25, -0.2) is 4.98 Å². The van der Waals surface area contributed by atoms with Gasteiger partial charge in [-0.2, -0.15) is 5.26 Å². The van der Waals surface area contributed by atoms with Crippen molar-refractivity contribution >= 4 is 28.5 Å². The molecule has 0 aliphatic rings. The summed E-state index contributed by atoms with van der Waals surface area (Å²) in [4.78, 5) is 16.7. The third-order valence-corrected chi connectivity index (χ3v) is 4.68. The molecule has 6 nitrogen and oxygen atoms in total. The molecule has 7 heteroatoms. The van der Waals surface area contributed by atoms with E-state index in [-0.39, 0.29) is 17.1 Å². The summed E-state index contributed by atoms with van der Waals surface area (Å²) < 4.78 is 0. The van der Waals surface area contributed by atoms with Gasteiger partial charge in [-0.3, -0.25) is 10.1 Å². The van der Waals surface area contributed by atoms with Gasteiger partial charge < -0.3 is 10.2 Å². The Hall–Kier alpha value is -3.89. The number of aromatic hydroxyl groups is 2. The molecule has 0 atom stereocenters. The third-order valence-electron chi connectivity index (χ3n) is 3.93. The van der Waals surface area contributed by atoms with Gasteiger partial charge in [0.2, 0.25) is 0 Å².